The molecule has 0 N–H and O–H groups in total. The quantitative estimate of drug-likeness (QED) is 0.387. The normalized spacial score (nSPS) is 0. The van der Waals surface area contributed by atoms with E-state index in [0.29, 0.717) is 0 Å². The first-order valence-electron chi connectivity index (χ1n) is 0. The van der Waals surface area contributed by atoms with Gasteiger partial charge in [-0.1, -0.05) is 0 Å². The maximum absolute atomic E-state index is 0. The first kappa shape index (κ1) is 44.4. The van der Waals surface area contributed by atoms with Gasteiger partial charge in [-0.05, 0) is 11.0 Å². The Morgan fingerprint density at radius 3 is 0.750 bits per heavy atom. The molecule has 4 heavy (non-hydrogen) atoms. The molecule has 28 valence electrons. The van der Waals surface area contributed by atoms with Gasteiger partial charge in [-0.2, -0.15) is 0 Å². The van der Waals surface area contributed by atoms with Crippen molar-refractivity contribution in [3.05, 3.63) is 0 Å². The van der Waals surface area contributed by atoms with E-state index in [1.807, 2.05) is 0 Å². The average Bonchev–Trinajstić information content (AvgIpc) is 0. The van der Waals surface area contributed by atoms with Crippen LogP contribution in [0.3, 0.4) is 0 Å². The molecule has 0 saturated carbocycles. The molecule has 0 aliphatic heterocycles. The summed E-state index contributed by atoms with van der Waals surface area (Å²) in [7, 11) is 0. The topological polar surface area (TPSA) is 0 Å². The zero-order valence-electron chi connectivity index (χ0n) is 1.26. The fourth-order valence-electron chi connectivity index (χ4n) is 0. The molecular formula is H4Cl2HfSi-2. The summed E-state index contributed by atoms with van der Waals surface area (Å²) < 4.78 is 0. The van der Waals surface area contributed by atoms with Crippen molar-refractivity contribution in [2.24, 2.45) is 0 Å². The molecule has 4 heteroatoms. The van der Waals surface area contributed by atoms with Crippen LogP contribution in [0.2, 0.25) is 0 Å². The van der Waals surface area contributed by atoms with Gasteiger partial charge in [0.05, 0.1) is 0 Å². The van der Waals surface area contributed by atoms with Gasteiger partial charge < -0.3 is 24.8 Å². The van der Waals surface area contributed by atoms with E-state index in [2.05, 4.69) is 0 Å². The Kier molecular flexibility index (Phi) is 251. The number of hydrogen-bond donors (Lipinski definition) is 0. The van der Waals surface area contributed by atoms with Gasteiger partial charge in [0.25, 0.3) is 0 Å². The standard InChI is InChI=1S/2ClH.Hf.H4Si/h2*1H;;1H4/p-2. The van der Waals surface area contributed by atoms with Crippen molar-refractivity contribution in [1.82, 2.24) is 0 Å². The Hall–Kier alpha value is 1.67. The van der Waals surface area contributed by atoms with Crippen LogP contribution in [-0.2, 0) is 25.8 Å². The zero-order chi connectivity index (χ0) is 0. The number of hydrogen-bond acceptors (Lipinski definition) is 0. The molecule has 0 spiro atoms. The van der Waals surface area contributed by atoms with E-state index in [1.165, 1.54) is 0 Å². The van der Waals surface area contributed by atoms with Crippen molar-refractivity contribution in [2.75, 3.05) is 0 Å². The molecule has 0 aromatic heterocycles. The Bertz CT molecular complexity index is 6.00. The summed E-state index contributed by atoms with van der Waals surface area (Å²) in [6.45, 7) is 0. The predicted molar refractivity (Wildman–Crippen MR) is 11.3 cm³/mol. The molecule has 0 bridgehead atoms. The van der Waals surface area contributed by atoms with E-state index in [0.717, 1.165) is 0 Å². The summed E-state index contributed by atoms with van der Waals surface area (Å²) in [4.78, 5) is 0. The van der Waals surface area contributed by atoms with Crippen molar-refractivity contribution in [2.45, 2.75) is 0 Å². The van der Waals surface area contributed by atoms with Crippen LogP contribution in [0, 0.1) is 0 Å². The van der Waals surface area contributed by atoms with Crippen LogP contribution in [0.4, 0.5) is 0 Å². The van der Waals surface area contributed by atoms with Gasteiger partial charge in [-0.25, -0.2) is 0 Å². The Balaban J connectivity index is 0. The van der Waals surface area contributed by atoms with Crippen LogP contribution in [0.25, 0.3) is 0 Å². The van der Waals surface area contributed by atoms with Crippen molar-refractivity contribution >= 4 is 11.0 Å². The maximum Gasteiger partial charge on any atom is 0 e. The van der Waals surface area contributed by atoms with Crippen LogP contribution >= 0.6 is 0 Å². The van der Waals surface area contributed by atoms with Crippen molar-refractivity contribution in [3.8, 4) is 0 Å². The van der Waals surface area contributed by atoms with Gasteiger partial charge in [0.1, 0.15) is 0 Å². The third kappa shape index (κ3) is 9.39. The molecule has 0 heterocycles. The SMILES string of the molecule is [Cl-].[Cl-].[Hf].[SiH4]. The monoisotopic (exact) mass is 282 g/mol. The van der Waals surface area contributed by atoms with Gasteiger partial charge >= 0.3 is 0 Å². The minimum atomic E-state index is 0. The number of rotatable bonds is 0. The predicted octanol–water partition coefficient (Wildman–Crippen LogP) is -7.45. The van der Waals surface area contributed by atoms with E-state index in [4.69, 9.17) is 0 Å². The largest absolute Gasteiger partial charge is 1.00 e. The molecule has 0 aliphatic rings. The van der Waals surface area contributed by atoms with E-state index in [1.54, 1.807) is 0 Å². The van der Waals surface area contributed by atoms with Gasteiger partial charge in [-0.3, -0.25) is 0 Å². The van der Waals surface area contributed by atoms with Gasteiger partial charge in [0.2, 0.25) is 0 Å². The van der Waals surface area contributed by atoms with Crippen LogP contribution in [0.5, 0.6) is 0 Å². The molecule has 0 saturated heterocycles. The molecule has 0 rings (SSSR count). The Labute approximate surface area is 61.4 Å². The van der Waals surface area contributed by atoms with Crippen LogP contribution < -0.4 is 24.8 Å². The van der Waals surface area contributed by atoms with Gasteiger partial charge in [0.15, 0.2) is 0 Å². The van der Waals surface area contributed by atoms with Crippen LogP contribution in [0.1, 0.15) is 0 Å². The summed E-state index contributed by atoms with van der Waals surface area (Å²) in [6.07, 6.45) is 0. The first-order chi connectivity index (χ1) is 0. The summed E-state index contributed by atoms with van der Waals surface area (Å²) in [5.41, 5.74) is 0. The zero-order valence-corrected chi connectivity index (χ0v) is 6.36. The second-order valence-corrected chi connectivity index (χ2v) is 0. The van der Waals surface area contributed by atoms with Crippen molar-refractivity contribution in [1.29, 1.82) is 0 Å². The molecule has 0 aromatic rings. The van der Waals surface area contributed by atoms with E-state index < -0.39 is 0 Å². The van der Waals surface area contributed by atoms with E-state index >= 15 is 0 Å². The third-order valence-electron chi connectivity index (χ3n) is 0. The molecule has 0 atom stereocenters. The Morgan fingerprint density at radius 1 is 0.750 bits per heavy atom. The van der Waals surface area contributed by atoms with Crippen molar-refractivity contribution in [3.63, 3.8) is 0 Å². The van der Waals surface area contributed by atoms with Gasteiger partial charge in [0, 0.05) is 25.8 Å². The van der Waals surface area contributed by atoms with E-state index in [-0.39, 0.29) is 61.6 Å². The number of halogens is 2. The molecule has 0 nitrogen and oxygen atoms in total. The van der Waals surface area contributed by atoms with Crippen LogP contribution in [0.15, 0.2) is 0 Å². The fraction of sp³-hybridized carbons (Fsp3) is 0. The first-order valence-corrected chi connectivity index (χ1v) is 0. The molecule has 0 radical (unpaired) electrons. The summed E-state index contributed by atoms with van der Waals surface area (Å²) in [5.74, 6) is 0. The summed E-state index contributed by atoms with van der Waals surface area (Å²) in [6, 6.07) is 0. The molecule has 0 fully saturated rings. The second kappa shape index (κ2) is 22.6. The van der Waals surface area contributed by atoms with E-state index in [9.17, 15) is 0 Å². The molecule has 0 aromatic carbocycles. The van der Waals surface area contributed by atoms with Crippen molar-refractivity contribution < 1.29 is 50.7 Å². The fourth-order valence-corrected chi connectivity index (χ4v) is 0. The van der Waals surface area contributed by atoms with Crippen LogP contribution in [-0.4, -0.2) is 11.0 Å². The third-order valence-corrected chi connectivity index (χ3v) is 0. The molecule has 0 aliphatic carbocycles. The molecule has 0 unspecified atom stereocenters. The average molecular weight is 282 g/mol. The molecule has 0 amide bonds. The second-order valence-electron chi connectivity index (χ2n) is 0. The van der Waals surface area contributed by atoms with Gasteiger partial charge in [-0.15, -0.1) is 0 Å². The summed E-state index contributed by atoms with van der Waals surface area (Å²) >= 11 is 0. The smallest absolute Gasteiger partial charge is 0 e. The minimum absolute atomic E-state index is 0. The maximum atomic E-state index is 0. The Morgan fingerprint density at radius 2 is 0.750 bits per heavy atom. The summed E-state index contributed by atoms with van der Waals surface area (Å²) in [5, 5.41) is 0. The molecular weight excluding hydrogens is 277 g/mol. The minimum Gasteiger partial charge on any atom is -1.00 e.